The van der Waals surface area contributed by atoms with Gasteiger partial charge in [-0.2, -0.15) is 0 Å². The van der Waals surface area contributed by atoms with Crippen molar-refractivity contribution in [2.45, 2.75) is 30.3 Å². The van der Waals surface area contributed by atoms with Gasteiger partial charge in [-0.15, -0.1) is 10.2 Å². The minimum Gasteiger partial charge on any atom is -0.324 e. The van der Waals surface area contributed by atoms with Crippen molar-refractivity contribution >= 4 is 9.84 Å². The van der Waals surface area contributed by atoms with Gasteiger partial charge in [0.25, 0.3) is 0 Å². The van der Waals surface area contributed by atoms with Crippen LogP contribution in [0.15, 0.2) is 29.2 Å². The third kappa shape index (κ3) is 2.34. The number of sulfone groups is 1. The summed E-state index contributed by atoms with van der Waals surface area (Å²) in [4.78, 5) is 0.287. The summed E-state index contributed by atoms with van der Waals surface area (Å²) in [5, 5.41) is 8.28. The molecule has 0 spiro atoms. The van der Waals surface area contributed by atoms with E-state index in [9.17, 15) is 8.42 Å². The lowest BCUT2D eigenvalue weighted by Gasteiger charge is -2.08. The van der Waals surface area contributed by atoms with Crippen LogP contribution in [0.5, 0.6) is 0 Å². The quantitative estimate of drug-likeness (QED) is 0.912. The van der Waals surface area contributed by atoms with E-state index in [2.05, 4.69) is 10.2 Å². The molecule has 0 radical (unpaired) electrons. The highest BCUT2D eigenvalue weighted by molar-refractivity contribution is 7.90. The van der Waals surface area contributed by atoms with Gasteiger partial charge in [-0.25, -0.2) is 8.42 Å². The maximum absolute atomic E-state index is 11.6. The Bertz CT molecular complexity index is 747. The first-order valence-electron chi connectivity index (χ1n) is 6.45. The van der Waals surface area contributed by atoms with E-state index < -0.39 is 9.84 Å². The molecular formula is C13H16N4O2S. The Hall–Kier alpha value is -1.73. The minimum atomic E-state index is -3.23. The Labute approximate surface area is 117 Å². The molecule has 3 rings (SSSR count). The van der Waals surface area contributed by atoms with Crippen LogP contribution in [0.3, 0.4) is 0 Å². The third-order valence-electron chi connectivity index (χ3n) is 3.38. The summed E-state index contributed by atoms with van der Waals surface area (Å²) < 4.78 is 25.3. The monoisotopic (exact) mass is 292 g/mol. The van der Waals surface area contributed by atoms with Gasteiger partial charge >= 0.3 is 0 Å². The van der Waals surface area contributed by atoms with E-state index in [1.807, 2.05) is 10.6 Å². The molecule has 0 unspecified atom stereocenters. The minimum absolute atomic E-state index is 0.287. The zero-order chi connectivity index (χ0) is 14.3. The number of hydrogen-bond acceptors (Lipinski definition) is 5. The molecule has 1 heterocycles. The zero-order valence-corrected chi connectivity index (χ0v) is 12.0. The number of benzene rings is 1. The number of nitrogens with two attached hydrogens (primary N) is 1. The van der Waals surface area contributed by atoms with Crippen LogP contribution in [0.2, 0.25) is 0 Å². The molecule has 1 fully saturated rings. The van der Waals surface area contributed by atoms with Gasteiger partial charge in [-0.3, -0.25) is 0 Å². The van der Waals surface area contributed by atoms with E-state index in [1.54, 1.807) is 18.2 Å². The third-order valence-corrected chi connectivity index (χ3v) is 4.49. The van der Waals surface area contributed by atoms with Crippen molar-refractivity contribution in [3.8, 4) is 11.4 Å². The Morgan fingerprint density at radius 1 is 1.35 bits per heavy atom. The van der Waals surface area contributed by atoms with Crippen molar-refractivity contribution in [1.82, 2.24) is 14.8 Å². The Kier molecular flexibility index (Phi) is 3.10. The molecule has 1 aromatic heterocycles. The predicted octanol–water partition coefficient (Wildman–Crippen LogP) is 1.14. The highest BCUT2D eigenvalue weighted by Gasteiger charge is 2.29. The number of aromatic nitrogens is 3. The van der Waals surface area contributed by atoms with Crippen molar-refractivity contribution < 1.29 is 8.42 Å². The van der Waals surface area contributed by atoms with Gasteiger partial charge in [0.15, 0.2) is 15.7 Å². The molecule has 1 saturated carbocycles. The molecule has 106 valence electrons. The summed E-state index contributed by atoms with van der Waals surface area (Å²) in [5.41, 5.74) is 6.44. The molecule has 2 N–H and O–H groups in total. The van der Waals surface area contributed by atoms with Crippen LogP contribution in [-0.4, -0.2) is 29.4 Å². The molecule has 1 aromatic carbocycles. The van der Waals surface area contributed by atoms with Crippen LogP contribution >= 0.6 is 0 Å². The topological polar surface area (TPSA) is 90.9 Å². The molecule has 0 aliphatic heterocycles. The Morgan fingerprint density at radius 2 is 2.10 bits per heavy atom. The highest BCUT2D eigenvalue weighted by atomic mass is 32.2. The fraction of sp³-hybridized carbons (Fsp3) is 0.385. The van der Waals surface area contributed by atoms with Gasteiger partial charge in [-0.1, -0.05) is 12.1 Å². The Morgan fingerprint density at radius 3 is 2.70 bits per heavy atom. The molecule has 1 aliphatic rings. The van der Waals surface area contributed by atoms with E-state index in [0.29, 0.717) is 18.4 Å². The van der Waals surface area contributed by atoms with Gasteiger partial charge in [0.1, 0.15) is 5.82 Å². The fourth-order valence-electron chi connectivity index (χ4n) is 2.24. The zero-order valence-electron chi connectivity index (χ0n) is 11.2. The number of nitrogens with zero attached hydrogens (tertiary/aromatic N) is 3. The maximum atomic E-state index is 11.6. The summed E-state index contributed by atoms with van der Waals surface area (Å²) in [6.07, 6.45) is 3.37. The van der Waals surface area contributed by atoms with Crippen LogP contribution in [0, 0.1) is 0 Å². The van der Waals surface area contributed by atoms with E-state index in [1.165, 1.54) is 6.26 Å². The van der Waals surface area contributed by atoms with E-state index in [4.69, 9.17) is 5.73 Å². The largest absolute Gasteiger partial charge is 0.324 e. The molecule has 2 aromatic rings. The summed E-state index contributed by atoms with van der Waals surface area (Å²) in [7, 11) is -3.23. The van der Waals surface area contributed by atoms with Gasteiger partial charge < -0.3 is 10.3 Å². The van der Waals surface area contributed by atoms with Crippen LogP contribution in [0.25, 0.3) is 11.4 Å². The van der Waals surface area contributed by atoms with Crippen LogP contribution < -0.4 is 5.73 Å². The van der Waals surface area contributed by atoms with Crippen LogP contribution in [0.4, 0.5) is 0 Å². The van der Waals surface area contributed by atoms with Gasteiger partial charge in [-0.05, 0) is 25.0 Å². The second-order valence-electron chi connectivity index (χ2n) is 5.05. The Balaban J connectivity index is 2.12. The molecule has 7 heteroatoms. The van der Waals surface area contributed by atoms with Gasteiger partial charge in [0.05, 0.1) is 11.4 Å². The first-order valence-corrected chi connectivity index (χ1v) is 8.34. The number of hydrogen-bond donors (Lipinski definition) is 1. The standard InChI is InChI=1S/C13H16N4O2S/c1-20(18,19)11-4-2-3-9(7-11)13-16-15-12(8-14)17(13)10-5-6-10/h2-4,7,10H,5-6,8,14H2,1H3. The molecule has 0 bridgehead atoms. The summed E-state index contributed by atoms with van der Waals surface area (Å²) in [6, 6.07) is 7.18. The molecular weight excluding hydrogens is 276 g/mol. The molecule has 6 nitrogen and oxygen atoms in total. The lowest BCUT2D eigenvalue weighted by atomic mass is 10.2. The van der Waals surface area contributed by atoms with Crippen molar-refractivity contribution in [1.29, 1.82) is 0 Å². The van der Waals surface area contributed by atoms with Crippen molar-refractivity contribution in [2.24, 2.45) is 5.73 Å². The average molecular weight is 292 g/mol. The lowest BCUT2D eigenvalue weighted by Crippen LogP contribution is -2.08. The van der Waals surface area contributed by atoms with Crippen LogP contribution in [0.1, 0.15) is 24.7 Å². The van der Waals surface area contributed by atoms with Gasteiger partial charge in [0.2, 0.25) is 0 Å². The smallest absolute Gasteiger partial charge is 0.175 e. The summed E-state index contributed by atoms with van der Waals surface area (Å²) in [6.45, 7) is 0.329. The van der Waals surface area contributed by atoms with E-state index >= 15 is 0 Å². The highest BCUT2D eigenvalue weighted by Crippen LogP contribution is 2.39. The van der Waals surface area contributed by atoms with E-state index in [0.717, 1.165) is 24.2 Å². The summed E-state index contributed by atoms with van der Waals surface area (Å²) >= 11 is 0. The van der Waals surface area contributed by atoms with Crippen LogP contribution in [-0.2, 0) is 16.4 Å². The van der Waals surface area contributed by atoms with Crippen molar-refractivity contribution in [3.05, 3.63) is 30.1 Å². The van der Waals surface area contributed by atoms with Crippen molar-refractivity contribution in [2.75, 3.05) is 6.26 Å². The lowest BCUT2D eigenvalue weighted by molar-refractivity contribution is 0.602. The second-order valence-corrected chi connectivity index (χ2v) is 7.06. The molecule has 0 saturated heterocycles. The van der Waals surface area contributed by atoms with Crippen molar-refractivity contribution in [3.63, 3.8) is 0 Å². The normalized spacial score (nSPS) is 15.5. The van der Waals surface area contributed by atoms with Gasteiger partial charge in [0, 0.05) is 17.9 Å². The molecule has 1 aliphatic carbocycles. The number of rotatable bonds is 4. The summed E-state index contributed by atoms with van der Waals surface area (Å²) in [5.74, 6) is 1.44. The SMILES string of the molecule is CS(=O)(=O)c1cccc(-c2nnc(CN)n2C2CC2)c1. The second kappa shape index (κ2) is 4.68. The average Bonchev–Trinajstić information content (AvgIpc) is 3.17. The first-order chi connectivity index (χ1) is 9.50. The predicted molar refractivity (Wildman–Crippen MR) is 74.7 cm³/mol. The maximum Gasteiger partial charge on any atom is 0.175 e. The first kappa shape index (κ1) is 13.3. The molecule has 0 amide bonds. The fourth-order valence-corrected chi connectivity index (χ4v) is 2.91. The molecule has 20 heavy (non-hydrogen) atoms. The van der Waals surface area contributed by atoms with E-state index in [-0.39, 0.29) is 4.90 Å². The molecule has 0 atom stereocenters.